The molecule has 0 N–H and O–H groups in total. The normalized spacial score (nSPS) is 17.7. The molecule has 22 heavy (non-hydrogen) atoms. The molecule has 0 unspecified atom stereocenters. The molecule has 0 saturated carbocycles. The molecule has 1 aliphatic heterocycles. The first kappa shape index (κ1) is 15.0. The van der Waals surface area contributed by atoms with Gasteiger partial charge in [0.05, 0.1) is 24.5 Å². The average Bonchev–Trinajstić information content (AvgIpc) is 3.08. The minimum Gasteiger partial charge on any atom is -0.493 e. The van der Waals surface area contributed by atoms with Gasteiger partial charge in [0.25, 0.3) is 0 Å². The standard InChI is InChI=1S/C14H17N3O4S/c1-2-20-12-7-4-3-6-11(12)14-15-13(21-16-14)10-17-8-5-9-22(17,18)19/h3-4,6-7H,2,5,8-10H2,1H3. The van der Waals surface area contributed by atoms with Gasteiger partial charge in [0.1, 0.15) is 5.75 Å². The molecule has 1 aromatic carbocycles. The maximum atomic E-state index is 11.8. The van der Waals surface area contributed by atoms with E-state index in [1.807, 2.05) is 31.2 Å². The highest BCUT2D eigenvalue weighted by Gasteiger charge is 2.30. The molecule has 3 rings (SSSR count). The summed E-state index contributed by atoms with van der Waals surface area (Å²) in [6.07, 6.45) is 0.635. The van der Waals surface area contributed by atoms with E-state index < -0.39 is 10.0 Å². The zero-order chi connectivity index (χ0) is 15.6. The van der Waals surface area contributed by atoms with Crippen molar-refractivity contribution in [1.29, 1.82) is 0 Å². The average molecular weight is 323 g/mol. The Bertz CT molecular complexity index is 757. The lowest BCUT2D eigenvalue weighted by Gasteiger charge is -2.10. The molecule has 8 heteroatoms. The molecule has 0 spiro atoms. The summed E-state index contributed by atoms with van der Waals surface area (Å²) in [6, 6.07) is 7.40. The molecule has 0 radical (unpaired) electrons. The fourth-order valence-corrected chi connectivity index (χ4v) is 3.85. The zero-order valence-corrected chi connectivity index (χ0v) is 13.0. The molecule has 1 fully saturated rings. The first-order valence-electron chi connectivity index (χ1n) is 7.13. The molecule has 1 saturated heterocycles. The first-order valence-corrected chi connectivity index (χ1v) is 8.73. The molecule has 1 aliphatic rings. The molecule has 118 valence electrons. The van der Waals surface area contributed by atoms with Crippen LogP contribution in [0.1, 0.15) is 19.2 Å². The smallest absolute Gasteiger partial charge is 0.242 e. The van der Waals surface area contributed by atoms with Gasteiger partial charge in [-0.1, -0.05) is 17.3 Å². The fraction of sp³-hybridized carbons (Fsp3) is 0.429. The maximum absolute atomic E-state index is 11.8. The Balaban J connectivity index is 1.82. The third-order valence-corrected chi connectivity index (χ3v) is 5.31. The van der Waals surface area contributed by atoms with E-state index in [9.17, 15) is 8.42 Å². The highest BCUT2D eigenvalue weighted by molar-refractivity contribution is 7.89. The van der Waals surface area contributed by atoms with Gasteiger partial charge < -0.3 is 9.26 Å². The number of aromatic nitrogens is 2. The molecule has 2 heterocycles. The molecule has 0 aliphatic carbocycles. The zero-order valence-electron chi connectivity index (χ0n) is 12.2. The number of nitrogens with zero attached hydrogens (tertiary/aromatic N) is 3. The molecule has 0 amide bonds. The lowest BCUT2D eigenvalue weighted by molar-refractivity contribution is 0.325. The summed E-state index contributed by atoms with van der Waals surface area (Å²) in [5, 5.41) is 3.93. The molecule has 2 aromatic rings. The molecule has 1 aromatic heterocycles. The van der Waals surface area contributed by atoms with Gasteiger partial charge in [0.2, 0.25) is 21.7 Å². The summed E-state index contributed by atoms with van der Waals surface area (Å²) in [7, 11) is -3.18. The van der Waals surface area contributed by atoms with Crippen LogP contribution in [0.4, 0.5) is 0 Å². The van der Waals surface area contributed by atoms with E-state index in [2.05, 4.69) is 10.1 Å². The maximum Gasteiger partial charge on any atom is 0.242 e. The van der Waals surface area contributed by atoms with Crippen molar-refractivity contribution in [2.75, 3.05) is 18.9 Å². The molecule has 7 nitrogen and oxygen atoms in total. The second-order valence-electron chi connectivity index (χ2n) is 4.94. The van der Waals surface area contributed by atoms with Crippen LogP contribution in [-0.2, 0) is 16.6 Å². The summed E-state index contributed by atoms with van der Waals surface area (Å²) in [5.74, 6) is 1.54. The van der Waals surface area contributed by atoms with E-state index in [0.717, 1.165) is 5.56 Å². The van der Waals surface area contributed by atoms with Crippen LogP contribution in [0.3, 0.4) is 0 Å². The van der Waals surface area contributed by atoms with Crippen LogP contribution in [0.5, 0.6) is 5.75 Å². The highest BCUT2D eigenvalue weighted by atomic mass is 32.2. The minimum absolute atomic E-state index is 0.117. The molecular formula is C14H17N3O4S. The Hall–Kier alpha value is -1.93. The van der Waals surface area contributed by atoms with Gasteiger partial charge in [-0.05, 0) is 25.5 Å². The number of ether oxygens (including phenoxy) is 1. The van der Waals surface area contributed by atoms with E-state index in [-0.39, 0.29) is 18.2 Å². The third-order valence-electron chi connectivity index (χ3n) is 3.41. The summed E-state index contributed by atoms with van der Waals surface area (Å²) >= 11 is 0. The lowest BCUT2D eigenvalue weighted by atomic mass is 10.2. The van der Waals surface area contributed by atoms with Crippen molar-refractivity contribution in [2.45, 2.75) is 19.9 Å². The van der Waals surface area contributed by atoms with Gasteiger partial charge in [-0.15, -0.1) is 0 Å². The van der Waals surface area contributed by atoms with Crippen LogP contribution in [0.15, 0.2) is 28.8 Å². The lowest BCUT2D eigenvalue weighted by Crippen LogP contribution is -2.25. The topological polar surface area (TPSA) is 85.5 Å². The van der Waals surface area contributed by atoms with E-state index in [4.69, 9.17) is 9.26 Å². The summed E-state index contributed by atoms with van der Waals surface area (Å²) in [4.78, 5) is 4.29. The molecule has 0 bridgehead atoms. The predicted molar refractivity (Wildman–Crippen MR) is 79.7 cm³/mol. The van der Waals surface area contributed by atoms with Gasteiger partial charge in [-0.2, -0.15) is 9.29 Å². The van der Waals surface area contributed by atoms with Crippen LogP contribution in [0, 0.1) is 0 Å². The second kappa shape index (κ2) is 6.05. The Labute approximate surface area is 128 Å². The Morgan fingerprint density at radius 2 is 2.18 bits per heavy atom. The Morgan fingerprint density at radius 1 is 1.36 bits per heavy atom. The fourth-order valence-electron chi connectivity index (χ4n) is 2.38. The number of hydrogen-bond donors (Lipinski definition) is 0. The van der Waals surface area contributed by atoms with Gasteiger partial charge in [0, 0.05) is 6.54 Å². The summed E-state index contributed by atoms with van der Waals surface area (Å²) in [6.45, 7) is 3.05. The van der Waals surface area contributed by atoms with E-state index in [0.29, 0.717) is 31.1 Å². The summed E-state index contributed by atoms with van der Waals surface area (Å²) < 4.78 is 35.7. The minimum atomic E-state index is -3.18. The second-order valence-corrected chi connectivity index (χ2v) is 7.03. The van der Waals surface area contributed by atoms with Crippen LogP contribution in [-0.4, -0.2) is 41.8 Å². The Morgan fingerprint density at radius 3 is 2.91 bits per heavy atom. The van der Waals surface area contributed by atoms with Crippen LogP contribution in [0.2, 0.25) is 0 Å². The van der Waals surface area contributed by atoms with Crippen molar-refractivity contribution in [3.8, 4) is 17.1 Å². The number of rotatable bonds is 5. The van der Waals surface area contributed by atoms with E-state index in [1.54, 1.807) is 0 Å². The summed E-state index contributed by atoms with van der Waals surface area (Å²) in [5.41, 5.74) is 0.726. The quantitative estimate of drug-likeness (QED) is 0.832. The van der Waals surface area contributed by atoms with Crippen molar-refractivity contribution in [2.24, 2.45) is 0 Å². The first-order chi connectivity index (χ1) is 10.6. The Kier molecular flexibility index (Phi) is 4.12. The van der Waals surface area contributed by atoms with Gasteiger partial charge in [-0.25, -0.2) is 8.42 Å². The van der Waals surface area contributed by atoms with Gasteiger partial charge in [-0.3, -0.25) is 0 Å². The van der Waals surface area contributed by atoms with Crippen molar-refractivity contribution in [1.82, 2.24) is 14.4 Å². The third kappa shape index (κ3) is 2.97. The molecule has 0 atom stereocenters. The number of para-hydroxylation sites is 1. The SMILES string of the molecule is CCOc1ccccc1-c1noc(CN2CCCS2(=O)=O)n1. The largest absolute Gasteiger partial charge is 0.493 e. The van der Waals surface area contributed by atoms with Crippen molar-refractivity contribution < 1.29 is 17.7 Å². The predicted octanol–water partition coefficient (Wildman–Crippen LogP) is 1.67. The van der Waals surface area contributed by atoms with Crippen molar-refractivity contribution in [3.05, 3.63) is 30.2 Å². The van der Waals surface area contributed by atoms with E-state index in [1.165, 1.54) is 4.31 Å². The van der Waals surface area contributed by atoms with Gasteiger partial charge >= 0.3 is 0 Å². The highest BCUT2D eigenvalue weighted by Crippen LogP contribution is 2.28. The van der Waals surface area contributed by atoms with Gasteiger partial charge in [0.15, 0.2) is 0 Å². The number of benzene rings is 1. The number of hydrogen-bond acceptors (Lipinski definition) is 6. The van der Waals surface area contributed by atoms with E-state index >= 15 is 0 Å². The van der Waals surface area contributed by atoms with Crippen LogP contribution < -0.4 is 4.74 Å². The van der Waals surface area contributed by atoms with Crippen LogP contribution in [0.25, 0.3) is 11.4 Å². The van der Waals surface area contributed by atoms with Crippen LogP contribution >= 0.6 is 0 Å². The number of sulfonamides is 1. The molecular weight excluding hydrogens is 306 g/mol. The monoisotopic (exact) mass is 323 g/mol. The van der Waals surface area contributed by atoms with Crippen molar-refractivity contribution >= 4 is 10.0 Å². The van der Waals surface area contributed by atoms with Crippen molar-refractivity contribution in [3.63, 3.8) is 0 Å².